The molecule has 1 rings (SSSR count). The number of nitrogens with zero attached hydrogens (tertiary/aromatic N) is 1. The molecule has 3 nitrogen and oxygen atoms in total. The highest BCUT2D eigenvalue weighted by atomic mass is 19.2. The van der Waals surface area contributed by atoms with E-state index in [0.29, 0.717) is 6.07 Å². The molecule has 0 saturated carbocycles. The summed E-state index contributed by atoms with van der Waals surface area (Å²) in [5.74, 6) is -8.33. The highest BCUT2D eigenvalue weighted by molar-refractivity contribution is 5.94. The first-order valence-electron chi connectivity index (χ1n) is 5.52. The highest BCUT2D eigenvalue weighted by Crippen LogP contribution is 2.19. The van der Waals surface area contributed by atoms with E-state index in [1.807, 2.05) is 0 Å². The third-order valence-electron chi connectivity index (χ3n) is 2.56. The van der Waals surface area contributed by atoms with Crippen molar-refractivity contribution in [3.05, 3.63) is 34.9 Å². The van der Waals surface area contributed by atoms with Crippen molar-refractivity contribution in [2.75, 3.05) is 13.6 Å². The summed E-state index contributed by atoms with van der Waals surface area (Å²) in [7, 11) is 1.28. The van der Waals surface area contributed by atoms with E-state index in [1.54, 1.807) is 0 Å². The van der Waals surface area contributed by atoms with Gasteiger partial charge in [-0.3, -0.25) is 4.79 Å². The molecule has 0 aromatic heterocycles. The molecule has 0 aliphatic rings. The number of hydrogen-bond acceptors (Lipinski definition) is 2. The quantitative estimate of drug-likeness (QED) is 0.521. The summed E-state index contributed by atoms with van der Waals surface area (Å²) in [6, 6.07) is 0.314. The van der Waals surface area contributed by atoms with E-state index < -0.39 is 40.8 Å². The fourth-order valence-corrected chi connectivity index (χ4v) is 1.42. The summed E-state index contributed by atoms with van der Waals surface area (Å²) in [5, 5.41) is 9.05. The van der Waals surface area contributed by atoms with Gasteiger partial charge in [0.2, 0.25) is 0 Å². The standard InChI is InChI=1S/C12H13F4NO2/c1-6(18)3-4-17(2)12(19)7-5-8(13)10(15)11(16)9(7)14/h5-6,18H,3-4H2,1-2H3. The van der Waals surface area contributed by atoms with E-state index in [-0.39, 0.29) is 13.0 Å². The van der Waals surface area contributed by atoms with Crippen molar-refractivity contribution in [1.82, 2.24) is 4.90 Å². The summed E-state index contributed by atoms with van der Waals surface area (Å²) >= 11 is 0. The molecule has 0 saturated heterocycles. The second-order valence-corrected chi connectivity index (χ2v) is 4.21. The molecular formula is C12H13F4NO2. The maximum absolute atomic E-state index is 13.4. The van der Waals surface area contributed by atoms with Gasteiger partial charge in [0.25, 0.3) is 5.91 Å². The first kappa shape index (κ1) is 15.4. The van der Waals surface area contributed by atoms with Crippen molar-refractivity contribution in [2.24, 2.45) is 0 Å². The second kappa shape index (κ2) is 6.01. The lowest BCUT2D eigenvalue weighted by molar-refractivity contribution is 0.0762. The van der Waals surface area contributed by atoms with Crippen molar-refractivity contribution in [1.29, 1.82) is 0 Å². The Hall–Kier alpha value is -1.63. The second-order valence-electron chi connectivity index (χ2n) is 4.21. The molecule has 0 aliphatic carbocycles. The molecule has 1 atom stereocenters. The minimum atomic E-state index is -2.02. The van der Waals surface area contributed by atoms with Gasteiger partial charge >= 0.3 is 0 Å². The Kier molecular flexibility index (Phi) is 4.88. The Balaban J connectivity index is 3.00. The molecule has 1 unspecified atom stereocenters. The number of rotatable bonds is 4. The van der Waals surface area contributed by atoms with Crippen LogP contribution in [0.25, 0.3) is 0 Å². The van der Waals surface area contributed by atoms with Crippen LogP contribution in [0.4, 0.5) is 17.6 Å². The van der Waals surface area contributed by atoms with E-state index in [2.05, 4.69) is 0 Å². The van der Waals surface area contributed by atoms with Gasteiger partial charge in [-0.25, -0.2) is 17.6 Å². The van der Waals surface area contributed by atoms with E-state index in [4.69, 9.17) is 5.11 Å². The zero-order valence-corrected chi connectivity index (χ0v) is 10.4. The van der Waals surface area contributed by atoms with Crippen molar-refractivity contribution in [2.45, 2.75) is 19.4 Å². The van der Waals surface area contributed by atoms with Gasteiger partial charge in [-0.1, -0.05) is 0 Å². The van der Waals surface area contributed by atoms with Gasteiger partial charge in [-0.15, -0.1) is 0 Å². The Morgan fingerprint density at radius 3 is 2.37 bits per heavy atom. The van der Waals surface area contributed by atoms with Crippen LogP contribution in [0.2, 0.25) is 0 Å². The van der Waals surface area contributed by atoms with Crippen LogP contribution in [-0.4, -0.2) is 35.6 Å². The van der Waals surface area contributed by atoms with Gasteiger partial charge in [0, 0.05) is 13.6 Å². The fraction of sp³-hybridized carbons (Fsp3) is 0.417. The van der Waals surface area contributed by atoms with Crippen molar-refractivity contribution < 1.29 is 27.5 Å². The molecule has 7 heteroatoms. The van der Waals surface area contributed by atoms with E-state index in [9.17, 15) is 22.4 Å². The molecule has 0 aliphatic heterocycles. The third-order valence-corrected chi connectivity index (χ3v) is 2.56. The van der Waals surface area contributed by atoms with Crippen LogP contribution < -0.4 is 0 Å². The lowest BCUT2D eigenvalue weighted by Crippen LogP contribution is -2.30. The summed E-state index contributed by atoms with van der Waals surface area (Å²) in [5.41, 5.74) is -0.885. The van der Waals surface area contributed by atoms with Gasteiger partial charge in [0.15, 0.2) is 23.3 Å². The number of benzene rings is 1. The van der Waals surface area contributed by atoms with Crippen LogP contribution in [0.15, 0.2) is 6.07 Å². The van der Waals surface area contributed by atoms with Crippen LogP contribution in [0, 0.1) is 23.3 Å². The molecule has 0 heterocycles. The lowest BCUT2D eigenvalue weighted by Gasteiger charge is -2.18. The van der Waals surface area contributed by atoms with Crippen molar-refractivity contribution in [3.63, 3.8) is 0 Å². The average Bonchev–Trinajstić information content (AvgIpc) is 2.36. The minimum absolute atomic E-state index is 0.0660. The number of aliphatic hydroxyl groups is 1. The summed E-state index contributed by atoms with van der Waals surface area (Å²) < 4.78 is 52.1. The van der Waals surface area contributed by atoms with Gasteiger partial charge in [-0.05, 0) is 19.4 Å². The van der Waals surface area contributed by atoms with Gasteiger partial charge in [0.05, 0.1) is 11.7 Å². The molecule has 1 aromatic carbocycles. The first-order valence-corrected chi connectivity index (χ1v) is 5.52. The number of carbonyl (C=O) groups excluding carboxylic acids is 1. The fourth-order valence-electron chi connectivity index (χ4n) is 1.42. The van der Waals surface area contributed by atoms with Crippen LogP contribution in [-0.2, 0) is 0 Å². The molecule has 106 valence electrons. The zero-order valence-electron chi connectivity index (χ0n) is 10.4. The van der Waals surface area contributed by atoms with E-state index in [0.717, 1.165) is 4.90 Å². The monoisotopic (exact) mass is 279 g/mol. The molecule has 19 heavy (non-hydrogen) atoms. The van der Waals surface area contributed by atoms with Gasteiger partial charge in [0.1, 0.15) is 0 Å². The van der Waals surface area contributed by atoms with Gasteiger partial charge in [-0.2, -0.15) is 0 Å². The summed E-state index contributed by atoms with van der Waals surface area (Å²) in [6.07, 6.45) is -0.461. The summed E-state index contributed by atoms with van der Waals surface area (Å²) in [4.78, 5) is 12.7. The lowest BCUT2D eigenvalue weighted by atomic mass is 10.1. The Bertz CT molecular complexity index is 491. The van der Waals surface area contributed by atoms with Crippen molar-refractivity contribution in [3.8, 4) is 0 Å². The van der Waals surface area contributed by atoms with Crippen LogP contribution in [0.1, 0.15) is 23.7 Å². The number of amides is 1. The molecular weight excluding hydrogens is 266 g/mol. The highest BCUT2D eigenvalue weighted by Gasteiger charge is 2.24. The van der Waals surface area contributed by atoms with Crippen LogP contribution >= 0.6 is 0 Å². The zero-order chi connectivity index (χ0) is 14.7. The van der Waals surface area contributed by atoms with E-state index in [1.165, 1.54) is 14.0 Å². The Morgan fingerprint density at radius 1 is 1.26 bits per heavy atom. The third kappa shape index (κ3) is 3.44. The predicted molar refractivity (Wildman–Crippen MR) is 59.5 cm³/mol. The van der Waals surface area contributed by atoms with Crippen LogP contribution in [0.5, 0.6) is 0 Å². The number of hydrogen-bond donors (Lipinski definition) is 1. The Morgan fingerprint density at radius 2 is 1.84 bits per heavy atom. The van der Waals surface area contributed by atoms with Gasteiger partial charge < -0.3 is 10.0 Å². The molecule has 1 amide bonds. The van der Waals surface area contributed by atoms with Crippen molar-refractivity contribution >= 4 is 5.91 Å². The smallest absolute Gasteiger partial charge is 0.256 e. The SMILES string of the molecule is CC(O)CCN(C)C(=O)c1cc(F)c(F)c(F)c1F. The van der Waals surface area contributed by atoms with Crippen LogP contribution in [0.3, 0.4) is 0 Å². The number of carbonyl (C=O) groups is 1. The molecule has 0 fully saturated rings. The molecule has 1 aromatic rings. The molecule has 0 spiro atoms. The van der Waals surface area contributed by atoms with E-state index >= 15 is 0 Å². The minimum Gasteiger partial charge on any atom is -0.393 e. The topological polar surface area (TPSA) is 40.5 Å². The maximum Gasteiger partial charge on any atom is 0.256 e. The average molecular weight is 279 g/mol. The normalized spacial score (nSPS) is 12.4. The number of halogens is 4. The molecule has 0 bridgehead atoms. The number of aliphatic hydroxyl groups excluding tert-OH is 1. The first-order chi connectivity index (χ1) is 8.75. The largest absolute Gasteiger partial charge is 0.393 e. The predicted octanol–water partition coefficient (Wildman–Crippen LogP) is 2.09. The Labute approximate surface area is 107 Å². The summed E-state index contributed by atoms with van der Waals surface area (Å²) in [6.45, 7) is 1.56. The molecule has 0 radical (unpaired) electrons. The molecule has 1 N–H and O–H groups in total. The maximum atomic E-state index is 13.4.